The topological polar surface area (TPSA) is 94.3 Å². The molecule has 120 valence electrons. The molecule has 1 heterocycles. The van der Waals surface area contributed by atoms with E-state index in [4.69, 9.17) is 16.6 Å². The van der Waals surface area contributed by atoms with Crippen LogP contribution in [0.4, 0.5) is 5.82 Å². The first kappa shape index (κ1) is 19.1. The molecule has 5 nitrogen and oxygen atoms in total. The third kappa shape index (κ3) is 5.53. The largest absolute Gasteiger partial charge is 0.481 e. The van der Waals surface area contributed by atoms with Crippen molar-refractivity contribution in [1.82, 2.24) is 4.57 Å². The maximum absolute atomic E-state index is 11.1. The minimum absolute atomic E-state index is 0.417. The van der Waals surface area contributed by atoms with E-state index in [0.29, 0.717) is 17.9 Å². The summed E-state index contributed by atoms with van der Waals surface area (Å²) in [5.74, 6) is -0.231. The number of aromatic nitrogens is 1. The summed E-state index contributed by atoms with van der Waals surface area (Å²) in [5, 5.41) is 9.14. The molecule has 0 radical (unpaired) electrons. The minimum Gasteiger partial charge on any atom is -0.481 e. The van der Waals surface area contributed by atoms with E-state index in [1.165, 1.54) is 6.42 Å². The molecule has 0 aliphatic rings. The highest BCUT2D eigenvalue weighted by Crippen LogP contribution is 2.27. The number of hydrogen-bond donors (Lipinski definition) is 3. The second kappa shape index (κ2) is 7.76. The highest BCUT2D eigenvalue weighted by Gasteiger charge is 2.29. The van der Waals surface area contributed by atoms with Gasteiger partial charge < -0.3 is 21.1 Å². The minimum atomic E-state index is -0.825. The van der Waals surface area contributed by atoms with Gasteiger partial charge in [0.05, 0.1) is 5.41 Å². The summed E-state index contributed by atoms with van der Waals surface area (Å²) in [6.07, 6.45) is 3.45. The molecule has 0 unspecified atom stereocenters. The van der Waals surface area contributed by atoms with Crippen molar-refractivity contribution in [2.24, 2.45) is 18.2 Å². The van der Waals surface area contributed by atoms with Crippen molar-refractivity contribution in [3.05, 3.63) is 23.0 Å². The Balaban J connectivity index is 0.00000122. The van der Waals surface area contributed by atoms with Crippen molar-refractivity contribution < 1.29 is 9.90 Å². The lowest BCUT2D eigenvalue weighted by atomic mass is 9.88. The quantitative estimate of drug-likeness (QED) is 0.796. The molecule has 0 fully saturated rings. The Morgan fingerprint density at radius 1 is 1.43 bits per heavy atom. The number of rotatable bonds is 4. The Morgan fingerprint density at radius 2 is 1.90 bits per heavy atom. The molecule has 0 saturated heterocycles. The van der Waals surface area contributed by atoms with Gasteiger partial charge in [-0.05, 0) is 32.9 Å². The summed E-state index contributed by atoms with van der Waals surface area (Å²) >= 11 is 0. The molecule has 1 aromatic rings. The van der Waals surface area contributed by atoms with Gasteiger partial charge in [-0.25, -0.2) is 0 Å². The zero-order chi connectivity index (χ0) is 16.8. The zero-order valence-electron chi connectivity index (χ0n) is 14.0. The summed E-state index contributed by atoms with van der Waals surface area (Å²) in [4.78, 5) is 11.1. The Bertz CT molecular complexity index is 510. The first-order valence-corrected chi connectivity index (χ1v) is 7.18. The van der Waals surface area contributed by atoms with Crippen molar-refractivity contribution in [2.45, 2.75) is 47.5 Å². The van der Waals surface area contributed by atoms with Gasteiger partial charge in [0.1, 0.15) is 5.82 Å². The van der Waals surface area contributed by atoms with Crippen LogP contribution in [0.1, 0.15) is 52.3 Å². The van der Waals surface area contributed by atoms with Crippen LogP contribution >= 0.6 is 0 Å². The van der Waals surface area contributed by atoms with E-state index in [1.54, 1.807) is 31.4 Å². The van der Waals surface area contributed by atoms with E-state index in [1.807, 2.05) is 13.1 Å². The van der Waals surface area contributed by atoms with Crippen molar-refractivity contribution in [3.8, 4) is 0 Å². The second-order valence-electron chi connectivity index (χ2n) is 6.00. The number of nitrogen functional groups attached to an aromatic ring is 1. The number of allylic oxidation sites excluding steroid dienone is 1. The molecule has 0 bridgehead atoms. The maximum atomic E-state index is 11.1. The lowest BCUT2D eigenvalue weighted by molar-refractivity contribution is -0.146. The van der Waals surface area contributed by atoms with E-state index >= 15 is 0 Å². The number of nitrogens with two attached hydrogens (primary N) is 2. The fraction of sp³-hybridized carbons (Fsp3) is 0.562. The molecule has 0 amide bonds. The molecule has 0 aliphatic heterocycles. The van der Waals surface area contributed by atoms with Gasteiger partial charge in [0.25, 0.3) is 0 Å². The second-order valence-corrected chi connectivity index (χ2v) is 6.00. The van der Waals surface area contributed by atoms with Crippen LogP contribution in [0.25, 0.3) is 6.08 Å². The van der Waals surface area contributed by atoms with Crippen LogP contribution in [0.15, 0.2) is 11.8 Å². The average molecular weight is 295 g/mol. The van der Waals surface area contributed by atoms with E-state index in [-0.39, 0.29) is 0 Å². The molecule has 0 spiro atoms. The molecule has 1 aromatic heterocycles. The van der Waals surface area contributed by atoms with E-state index in [2.05, 4.69) is 13.8 Å². The smallest absolute Gasteiger partial charge is 0.309 e. The molecule has 21 heavy (non-hydrogen) atoms. The Hall–Kier alpha value is -1.91. The summed E-state index contributed by atoms with van der Waals surface area (Å²) < 4.78 is 1.81. The van der Waals surface area contributed by atoms with Crippen LogP contribution in [0.2, 0.25) is 0 Å². The maximum Gasteiger partial charge on any atom is 0.309 e. The van der Waals surface area contributed by atoms with Crippen molar-refractivity contribution >= 4 is 17.9 Å². The van der Waals surface area contributed by atoms with E-state index in [0.717, 1.165) is 11.3 Å². The van der Waals surface area contributed by atoms with Crippen LogP contribution in [0, 0.1) is 5.41 Å². The predicted octanol–water partition coefficient (Wildman–Crippen LogP) is 3.00. The van der Waals surface area contributed by atoms with Gasteiger partial charge in [-0.3, -0.25) is 4.79 Å². The number of nitrogens with zero attached hydrogens (tertiary/aromatic N) is 1. The monoisotopic (exact) mass is 295 g/mol. The lowest BCUT2D eigenvalue weighted by Crippen LogP contribution is -2.27. The average Bonchev–Trinajstić information content (AvgIpc) is 2.57. The zero-order valence-corrected chi connectivity index (χ0v) is 14.0. The summed E-state index contributed by atoms with van der Waals surface area (Å²) in [6.45, 7) is 9.43. The summed E-state index contributed by atoms with van der Waals surface area (Å²) in [6, 6.07) is 1.89. The van der Waals surface area contributed by atoms with Crippen LogP contribution < -0.4 is 11.5 Å². The predicted molar refractivity (Wildman–Crippen MR) is 88.7 cm³/mol. The van der Waals surface area contributed by atoms with Crippen LogP contribution in [0.3, 0.4) is 0 Å². The number of carboxylic acids is 1. The Labute approximate surface area is 127 Å². The van der Waals surface area contributed by atoms with E-state index < -0.39 is 11.4 Å². The first-order valence-electron chi connectivity index (χ1n) is 7.18. The van der Waals surface area contributed by atoms with Crippen LogP contribution in [-0.4, -0.2) is 15.6 Å². The standard InChI is InChI=1S/C13H21N3O2.C3H8/c1-8(14)5-9-6-10(16(4)11(9)15)7-13(2,3)12(17)18;1-3-2/h5-6H,7,14-15H2,1-4H3,(H,17,18);3H2,1-2H3/b8-5-;. The first-order chi connectivity index (χ1) is 9.56. The number of carbonyl (C=O) groups is 1. The third-order valence-electron chi connectivity index (χ3n) is 3.00. The van der Waals surface area contributed by atoms with Crippen molar-refractivity contribution in [1.29, 1.82) is 0 Å². The van der Waals surface area contributed by atoms with Gasteiger partial charge in [-0.2, -0.15) is 0 Å². The lowest BCUT2D eigenvalue weighted by Gasteiger charge is -2.19. The molecule has 0 aliphatic carbocycles. The van der Waals surface area contributed by atoms with Gasteiger partial charge in [-0.1, -0.05) is 20.3 Å². The summed E-state index contributed by atoms with van der Waals surface area (Å²) in [7, 11) is 1.83. The van der Waals surface area contributed by atoms with E-state index in [9.17, 15) is 4.79 Å². The highest BCUT2D eigenvalue weighted by molar-refractivity contribution is 5.74. The van der Waals surface area contributed by atoms with Crippen molar-refractivity contribution in [2.75, 3.05) is 5.73 Å². The molecule has 0 saturated carbocycles. The van der Waals surface area contributed by atoms with Gasteiger partial charge >= 0.3 is 5.97 Å². The van der Waals surface area contributed by atoms with Crippen LogP contribution in [-0.2, 0) is 18.3 Å². The number of hydrogen-bond acceptors (Lipinski definition) is 3. The molecule has 5 N–H and O–H groups in total. The molecular formula is C16H29N3O2. The van der Waals surface area contributed by atoms with Gasteiger partial charge in [0.2, 0.25) is 0 Å². The van der Waals surface area contributed by atoms with Gasteiger partial charge in [0.15, 0.2) is 0 Å². The van der Waals surface area contributed by atoms with Crippen molar-refractivity contribution in [3.63, 3.8) is 0 Å². The molecule has 0 aromatic carbocycles. The normalized spacial score (nSPS) is 11.8. The molecule has 0 atom stereocenters. The fourth-order valence-corrected chi connectivity index (χ4v) is 1.76. The molecule has 1 rings (SSSR count). The number of aliphatic carboxylic acids is 1. The Kier molecular flexibility index (Phi) is 7.06. The number of carboxylic acid groups (broad SMARTS) is 1. The van der Waals surface area contributed by atoms with Crippen LogP contribution in [0.5, 0.6) is 0 Å². The Morgan fingerprint density at radius 3 is 2.29 bits per heavy atom. The number of anilines is 1. The molecular weight excluding hydrogens is 266 g/mol. The fourth-order valence-electron chi connectivity index (χ4n) is 1.76. The van der Waals surface area contributed by atoms with Gasteiger partial charge in [0, 0.05) is 30.4 Å². The highest BCUT2D eigenvalue weighted by atomic mass is 16.4. The third-order valence-corrected chi connectivity index (χ3v) is 3.00. The SMILES string of the molecule is C/C(N)=C/c1cc(CC(C)(C)C(=O)O)n(C)c1N.CCC. The van der Waals surface area contributed by atoms with Gasteiger partial charge in [-0.15, -0.1) is 0 Å². The summed E-state index contributed by atoms with van der Waals surface area (Å²) in [5.41, 5.74) is 13.1. The molecule has 5 heteroatoms.